The second kappa shape index (κ2) is 7.72. The smallest absolute Gasteiger partial charge is 0.148 e. The van der Waals surface area contributed by atoms with Gasteiger partial charge in [-0.15, -0.1) is 6.42 Å². The normalized spacial score (nSPS) is 27.7. The molecule has 1 aromatic carbocycles. The first kappa shape index (κ1) is 18.0. The van der Waals surface area contributed by atoms with Crippen molar-refractivity contribution in [3.8, 4) is 18.1 Å². The summed E-state index contributed by atoms with van der Waals surface area (Å²) in [5.41, 5.74) is 1.44. The largest absolute Gasteiger partial charge is 0.481 e. The van der Waals surface area contributed by atoms with Crippen molar-refractivity contribution in [3.05, 3.63) is 59.9 Å². The van der Waals surface area contributed by atoms with Crippen molar-refractivity contribution in [1.82, 2.24) is 9.88 Å². The molecule has 27 heavy (non-hydrogen) atoms. The summed E-state index contributed by atoms with van der Waals surface area (Å²) >= 11 is 0. The summed E-state index contributed by atoms with van der Waals surface area (Å²) in [4.78, 5) is 6.72. The molecule has 140 valence electrons. The summed E-state index contributed by atoms with van der Waals surface area (Å²) in [7, 11) is 0. The van der Waals surface area contributed by atoms with Gasteiger partial charge in [0.2, 0.25) is 0 Å². The Bertz CT molecular complexity index is 801. The first-order chi connectivity index (χ1) is 13.2. The molecule has 0 spiro atoms. The van der Waals surface area contributed by atoms with Gasteiger partial charge in [0.05, 0.1) is 5.60 Å². The predicted octanol–water partition coefficient (Wildman–Crippen LogP) is 3.21. The van der Waals surface area contributed by atoms with Gasteiger partial charge in [-0.1, -0.05) is 30.5 Å². The molecule has 2 atom stereocenters. The van der Waals surface area contributed by atoms with Crippen molar-refractivity contribution in [2.24, 2.45) is 11.8 Å². The lowest BCUT2D eigenvalue weighted by atomic mass is 9.63. The molecule has 0 unspecified atom stereocenters. The molecule has 1 aromatic heterocycles. The van der Waals surface area contributed by atoms with E-state index in [1.165, 1.54) is 12.0 Å². The lowest BCUT2D eigenvalue weighted by Crippen LogP contribution is -2.57. The number of nitrogens with zero attached hydrogens (tertiary/aromatic N) is 2. The number of aliphatic hydroxyl groups is 1. The number of ether oxygens (including phenoxy) is 1. The number of hydrogen-bond donors (Lipinski definition) is 1. The van der Waals surface area contributed by atoms with E-state index in [4.69, 9.17) is 11.2 Å². The van der Waals surface area contributed by atoms with Gasteiger partial charge < -0.3 is 9.84 Å². The third kappa shape index (κ3) is 3.58. The van der Waals surface area contributed by atoms with Crippen LogP contribution < -0.4 is 4.74 Å². The van der Waals surface area contributed by atoms with Crippen molar-refractivity contribution in [1.29, 1.82) is 0 Å². The van der Waals surface area contributed by atoms with E-state index in [9.17, 15) is 5.11 Å². The van der Waals surface area contributed by atoms with Gasteiger partial charge in [-0.2, -0.15) is 0 Å². The molecule has 4 nitrogen and oxygen atoms in total. The molecule has 1 N–H and O–H groups in total. The zero-order valence-corrected chi connectivity index (χ0v) is 15.6. The molecule has 2 aliphatic rings. The summed E-state index contributed by atoms with van der Waals surface area (Å²) in [5.74, 6) is 3.81. The minimum absolute atomic E-state index is 0.245. The van der Waals surface area contributed by atoms with Crippen molar-refractivity contribution in [3.63, 3.8) is 0 Å². The highest BCUT2D eigenvalue weighted by molar-refractivity contribution is 5.29. The molecule has 1 saturated heterocycles. The number of piperidine rings is 1. The van der Waals surface area contributed by atoms with E-state index >= 15 is 0 Å². The summed E-state index contributed by atoms with van der Waals surface area (Å²) < 4.78 is 5.55. The Morgan fingerprint density at radius 3 is 2.74 bits per heavy atom. The van der Waals surface area contributed by atoms with Crippen LogP contribution in [0.3, 0.4) is 0 Å². The van der Waals surface area contributed by atoms with Crippen molar-refractivity contribution in [2.45, 2.75) is 31.4 Å². The molecule has 4 rings (SSSR count). The maximum atomic E-state index is 11.6. The van der Waals surface area contributed by atoms with Gasteiger partial charge >= 0.3 is 0 Å². The molecule has 0 amide bonds. The first-order valence-electron chi connectivity index (χ1n) is 9.70. The Hall–Kier alpha value is -2.35. The van der Waals surface area contributed by atoms with Crippen LogP contribution in [0.15, 0.2) is 48.8 Å². The van der Waals surface area contributed by atoms with Gasteiger partial charge in [0.1, 0.15) is 12.4 Å². The molecule has 2 aromatic rings. The minimum atomic E-state index is -0.749. The number of benzene rings is 1. The minimum Gasteiger partial charge on any atom is -0.481 e. The average Bonchev–Trinajstić information content (AvgIpc) is 2.68. The molecular formula is C23H26N2O2. The topological polar surface area (TPSA) is 45.6 Å². The molecule has 0 radical (unpaired) electrons. The van der Waals surface area contributed by atoms with Gasteiger partial charge in [-0.3, -0.25) is 9.88 Å². The van der Waals surface area contributed by atoms with Crippen LogP contribution in [0.5, 0.6) is 5.75 Å². The van der Waals surface area contributed by atoms with Crippen LogP contribution in [0, 0.1) is 24.2 Å². The second-order valence-corrected chi connectivity index (χ2v) is 7.73. The quantitative estimate of drug-likeness (QED) is 0.830. The number of likely N-dealkylation sites (tertiary alicyclic amines) is 1. The Labute approximate surface area is 161 Å². The van der Waals surface area contributed by atoms with Crippen molar-refractivity contribution >= 4 is 0 Å². The van der Waals surface area contributed by atoms with E-state index in [2.05, 4.69) is 27.9 Å². The van der Waals surface area contributed by atoms with Crippen LogP contribution in [-0.2, 0) is 12.1 Å². The fraction of sp³-hybridized carbons (Fsp3) is 0.435. The van der Waals surface area contributed by atoms with Crippen LogP contribution in [0.2, 0.25) is 0 Å². The van der Waals surface area contributed by atoms with Crippen molar-refractivity contribution < 1.29 is 9.84 Å². The molecule has 2 heterocycles. The Morgan fingerprint density at radius 2 is 2.04 bits per heavy atom. The number of aromatic nitrogens is 1. The van der Waals surface area contributed by atoms with Gasteiger partial charge in [-0.25, -0.2) is 0 Å². The third-order valence-corrected chi connectivity index (χ3v) is 6.06. The maximum Gasteiger partial charge on any atom is 0.148 e. The molecule has 4 heteroatoms. The van der Waals surface area contributed by atoms with Gasteiger partial charge in [0.25, 0.3) is 0 Å². The van der Waals surface area contributed by atoms with Crippen molar-refractivity contribution in [2.75, 3.05) is 19.7 Å². The van der Waals surface area contributed by atoms with Gasteiger partial charge in [0, 0.05) is 49.4 Å². The van der Waals surface area contributed by atoms with Crippen LogP contribution in [-0.4, -0.2) is 34.7 Å². The number of terminal acetylenes is 1. The maximum absolute atomic E-state index is 11.6. The summed E-state index contributed by atoms with van der Waals surface area (Å²) in [6.07, 6.45) is 12.2. The van der Waals surface area contributed by atoms with E-state index in [0.717, 1.165) is 43.8 Å². The summed E-state index contributed by atoms with van der Waals surface area (Å²) in [6, 6.07) is 12.1. The number of hydrogen-bond acceptors (Lipinski definition) is 4. The SMILES string of the molecule is C#CCOc1cccc(CN2C[C@@H]3CCC[C@@H](C2)C3(O)c2cccnc2)c1. The molecule has 2 fully saturated rings. The van der Waals surface area contributed by atoms with E-state index in [1.807, 2.05) is 30.5 Å². The molecule has 1 saturated carbocycles. The molecule has 2 bridgehead atoms. The van der Waals surface area contributed by atoms with Gasteiger partial charge in [0.15, 0.2) is 0 Å². The highest BCUT2D eigenvalue weighted by atomic mass is 16.5. The zero-order valence-electron chi connectivity index (χ0n) is 15.6. The number of pyridine rings is 1. The summed E-state index contributed by atoms with van der Waals surface area (Å²) in [6.45, 7) is 2.95. The standard InChI is InChI=1S/C23H26N2O2/c1-2-12-27-22-10-3-6-18(13-22)15-25-16-20-7-4-8-21(17-25)23(20,26)19-9-5-11-24-14-19/h1,3,5-6,9-11,13-14,20-21,26H,4,7-8,12,15-17H2/t20-,21-/m0/s1. The number of rotatable bonds is 5. The Balaban J connectivity index is 1.50. The monoisotopic (exact) mass is 362 g/mol. The van der Waals surface area contributed by atoms with Crippen LogP contribution in [0.25, 0.3) is 0 Å². The van der Waals surface area contributed by atoms with E-state index in [1.54, 1.807) is 6.20 Å². The molecular weight excluding hydrogens is 336 g/mol. The Morgan fingerprint density at radius 1 is 1.22 bits per heavy atom. The zero-order chi connectivity index (χ0) is 18.7. The predicted molar refractivity (Wildman–Crippen MR) is 105 cm³/mol. The molecule has 1 aliphatic heterocycles. The first-order valence-corrected chi connectivity index (χ1v) is 9.70. The summed E-state index contributed by atoms with van der Waals surface area (Å²) in [5, 5.41) is 11.6. The second-order valence-electron chi connectivity index (χ2n) is 7.73. The van der Waals surface area contributed by atoms with E-state index in [0.29, 0.717) is 0 Å². The van der Waals surface area contributed by atoms with Crippen LogP contribution in [0.1, 0.15) is 30.4 Å². The van der Waals surface area contributed by atoms with E-state index in [-0.39, 0.29) is 18.4 Å². The van der Waals surface area contributed by atoms with E-state index < -0.39 is 5.60 Å². The van der Waals surface area contributed by atoms with Crippen LogP contribution in [0.4, 0.5) is 0 Å². The highest BCUT2D eigenvalue weighted by Gasteiger charge is 2.51. The number of fused-ring (bicyclic) bond motifs is 2. The lowest BCUT2D eigenvalue weighted by molar-refractivity contribution is -0.148. The highest BCUT2D eigenvalue weighted by Crippen LogP contribution is 2.49. The average molecular weight is 362 g/mol. The fourth-order valence-electron chi connectivity index (χ4n) is 4.86. The lowest BCUT2D eigenvalue weighted by Gasteiger charge is -2.53. The Kier molecular flexibility index (Phi) is 5.15. The van der Waals surface area contributed by atoms with Crippen LogP contribution >= 0.6 is 0 Å². The van der Waals surface area contributed by atoms with Gasteiger partial charge in [-0.05, 0) is 36.6 Å². The third-order valence-electron chi connectivity index (χ3n) is 6.06. The fourth-order valence-corrected chi connectivity index (χ4v) is 4.86. The molecule has 1 aliphatic carbocycles.